The van der Waals surface area contributed by atoms with Crippen LogP contribution in [0, 0.1) is 0 Å². The third-order valence-electron chi connectivity index (χ3n) is 4.10. The van der Waals surface area contributed by atoms with Crippen LogP contribution in [0.5, 0.6) is 0 Å². The van der Waals surface area contributed by atoms with Gasteiger partial charge in [0.05, 0.1) is 0 Å². The van der Waals surface area contributed by atoms with E-state index in [9.17, 15) is 9.59 Å². The molecule has 2 amide bonds. The number of hydrogen-bond donors (Lipinski definition) is 2. The Hall–Kier alpha value is -3.74. The van der Waals surface area contributed by atoms with Crippen LogP contribution in [-0.2, 0) is 17.8 Å². The summed E-state index contributed by atoms with van der Waals surface area (Å²) in [7, 11) is 1.58. The molecule has 0 bridgehead atoms. The fraction of sp³-hybridized carbons (Fsp3) is 0.143. The van der Waals surface area contributed by atoms with Gasteiger partial charge < -0.3 is 10.6 Å². The molecule has 0 unspecified atom stereocenters. The van der Waals surface area contributed by atoms with E-state index in [1.54, 1.807) is 60.5 Å². The largest absolute Gasteiger partial charge is 0.355 e. The summed E-state index contributed by atoms with van der Waals surface area (Å²) in [6.07, 6.45) is 9.32. The molecule has 3 rings (SSSR count). The molecular formula is C21H21N5O2. The molecule has 7 nitrogen and oxygen atoms in total. The number of benzene rings is 1. The highest BCUT2D eigenvalue weighted by Crippen LogP contribution is 2.08. The summed E-state index contributed by atoms with van der Waals surface area (Å²) < 4.78 is 1.79. The number of amides is 2. The second kappa shape index (κ2) is 9.27. The summed E-state index contributed by atoms with van der Waals surface area (Å²) in [4.78, 5) is 27.6. The van der Waals surface area contributed by atoms with Crippen molar-refractivity contribution < 1.29 is 9.59 Å². The van der Waals surface area contributed by atoms with E-state index in [2.05, 4.69) is 20.7 Å². The van der Waals surface area contributed by atoms with E-state index in [1.165, 1.54) is 11.6 Å². The standard InChI is InChI=1S/C21H21N5O2/c1-22-21(28)18-5-2-16(3-6-18)4-7-20(27)24-19-11-15-26(25-19)14-10-17-8-12-23-13-9-17/h2-9,11-13,15H,10,14H2,1H3,(H,22,28)(H,24,25,27)/b7-4+. The van der Waals surface area contributed by atoms with Gasteiger partial charge in [0.25, 0.3) is 5.91 Å². The van der Waals surface area contributed by atoms with E-state index >= 15 is 0 Å². The van der Waals surface area contributed by atoms with Gasteiger partial charge in [-0.25, -0.2) is 0 Å². The average Bonchev–Trinajstić information content (AvgIpc) is 3.18. The molecule has 0 aliphatic heterocycles. The number of aromatic nitrogens is 3. The van der Waals surface area contributed by atoms with Gasteiger partial charge >= 0.3 is 0 Å². The van der Waals surface area contributed by atoms with Gasteiger partial charge in [0.2, 0.25) is 5.91 Å². The quantitative estimate of drug-likeness (QED) is 0.621. The van der Waals surface area contributed by atoms with Crippen molar-refractivity contribution in [3.8, 4) is 0 Å². The Morgan fingerprint density at radius 3 is 2.54 bits per heavy atom. The van der Waals surface area contributed by atoms with E-state index in [1.807, 2.05) is 18.3 Å². The molecule has 142 valence electrons. The topological polar surface area (TPSA) is 88.9 Å². The Balaban J connectivity index is 1.51. The van der Waals surface area contributed by atoms with Gasteiger partial charge in [-0.3, -0.25) is 19.3 Å². The summed E-state index contributed by atoms with van der Waals surface area (Å²) in [6, 6.07) is 12.7. The van der Waals surface area contributed by atoms with Crippen molar-refractivity contribution in [2.24, 2.45) is 0 Å². The molecular weight excluding hydrogens is 354 g/mol. The van der Waals surface area contributed by atoms with Crippen molar-refractivity contribution in [1.29, 1.82) is 0 Å². The lowest BCUT2D eigenvalue weighted by molar-refractivity contribution is -0.111. The molecule has 0 spiro atoms. The van der Waals surface area contributed by atoms with Gasteiger partial charge in [-0.1, -0.05) is 12.1 Å². The zero-order valence-electron chi connectivity index (χ0n) is 15.5. The number of anilines is 1. The van der Waals surface area contributed by atoms with Crippen LogP contribution < -0.4 is 10.6 Å². The van der Waals surface area contributed by atoms with Crippen LogP contribution in [0.3, 0.4) is 0 Å². The molecule has 2 heterocycles. The number of carbonyl (C=O) groups is 2. The second-order valence-electron chi connectivity index (χ2n) is 6.09. The van der Waals surface area contributed by atoms with Crippen LogP contribution in [0.1, 0.15) is 21.5 Å². The Labute approximate surface area is 163 Å². The summed E-state index contributed by atoms with van der Waals surface area (Å²) >= 11 is 0. The van der Waals surface area contributed by atoms with Crippen molar-refractivity contribution in [2.75, 3.05) is 12.4 Å². The maximum atomic E-state index is 12.1. The lowest BCUT2D eigenvalue weighted by Crippen LogP contribution is -2.17. The maximum Gasteiger partial charge on any atom is 0.251 e. The number of nitrogens with one attached hydrogen (secondary N) is 2. The average molecular weight is 375 g/mol. The van der Waals surface area contributed by atoms with Crippen LogP contribution in [0.15, 0.2) is 67.1 Å². The fourth-order valence-corrected chi connectivity index (χ4v) is 2.58. The van der Waals surface area contributed by atoms with Gasteiger partial charge in [0, 0.05) is 49.9 Å². The van der Waals surface area contributed by atoms with Crippen molar-refractivity contribution in [3.63, 3.8) is 0 Å². The van der Waals surface area contributed by atoms with Crippen molar-refractivity contribution in [1.82, 2.24) is 20.1 Å². The Bertz CT molecular complexity index is 962. The van der Waals surface area contributed by atoms with Crippen molar-refractivity contribution in [2.45, 2.75) is 13.0 Å². The Morgan fingerprint density at radius 2 is 1.82 bits per heavy atom. The van der Waals surface area contributed by atoms with Crippen LogP contribution >= 0.6 is 0 Å². The molecule has 0 aliphatic rings. The number of nitrogens with zero attached hydrogens (tertiary/aromatic N) is 3. The van der Waals surface area contributed by atoms with Crippen LogP contribution in [-0.4, -0.2) is 33.6 Å². The molecule has 3 aromatic rings. The molecule has 1 aromatic carbocycles. The first-order valence-corrected chi connectivity index (χ1v) is 8.87. The molecule has 2 N–H and O–H groups in total. The van der Waals surface area contributed by atoms with Gasteiger partial charge in [-0.15, -0.1) is 0 Å². The molecule has 0 atom stereocenters. The van der Waals surface area contributed by atoms with Gasteiger partial charge in [0.15, 0.2) is 5.82 Å². The number of aryl methyl sites for hydroxylation is 2. The molecule has 28 heavy (non-hydrogen) atoms. The second-order valence-corrected chi connectivity index (χ2v) is 6.09. The molecule has 0 saturated carbocycles. The first kappa shape index (κ1) is 19.0. The highest BCUT2D eigenvalue weighted by Gasteiger charge is 2.04. The lowest BCUT2D eigenvalue weighted by atomic mass is 10.1. The van der Waals surface area contributed by atoms with E-state index in [0.29, 0.717) is 17.9 Å². The first-order valence-electron chi connectivity index (χ1n) is 8.87. The normalized spacial score (nSPS) is 10.8. The minimum Gasteiger partial charge on any atom is -0.355 e. The van der Waals surface area contributed by atoms with E-state index in [0.717, 1.165) is 12.0 Å². The fourth-order valence-electron chi connectivity index (χ4n) is 2.58. The monoisotopic (exact) mass is 375 g/mol. The first-order chi connectivity index (χ1) is 13.6. The third kappa shape index (κ3) is 5.38. The molecule has 7 heteroatoms. The summed E-state index contributed by atoms with van der Waals surface area (Å²) in [6.45, 7) is 0.716. The Kier molecular flexibility index (Phi) is 6.30. The maximum absolute atomic E-state index is 12.1. The molecule has 0 radical (unpaired) electrons. The Morgan fingerprint density at radius 1 is 1.07 bits per heavy atom. The molecule has 2 aromatic heterocycles. The number of hydrogen-bond acceptors (Lipinski definition) is 4. The predicted octanol–water partition coefficient (Wildman–Crippen LogP) is 2.53. The summed E-state index contributed by atoms with van der Waals surface area (Å²) in [5.74, 6) is 0.0851. The minimum absolute atomic E-state index is 0.146. The van der Waals surface area contributed by atoms with Crippen LogP contribution in [0.2, 0.25) is 0 Å². The SMILES string of the molecule is CNC(=O)c1ccc(/C=C/C(=O)Nc2ccn(CCc3ccncc3)n2)cc1. The van der Waals surface area contributed by atoms with Gasteiger partial charge in [0.1, 0.15) is 0 Å². The minimum atomic E-state index is -0.269. The molecule has 0 fully saturated rings. The third-order valence-corrected chi connectivity index (χ3v) is 4.10. The van der Waals surface area contributed by atoms with Crippen LogP contribution in [0.4, 0.5) is 5.82 Å². The molecule has 0 aliphatic carbocycles. The van der Waals surface area contributed by atoms with E-state index in [4.69, 9.17) is 0 Å². The smallest absolute Gasteiger partial charge is 0.251 e. The molecule has 0 saturated heterocycles. The zero-order chi connectivity index (χ0) is 19.8. The van der Waals surface area contributed by atoms with Gasteiger partial charge in [-0.2, -0.15) is 5.10 Å². The summed E-state index contributed by atoms with van der Waals surface area (Å²) in [5, 5.41) is 9.65. The van der Waals surface area contributed by atoms with E-state index in [-0.39, 0.29) is 11.8 Å². The number of rotatable bonds is 7. The van der Waals surface area contributed by atoms with E-state index < -0.39 is 0 Å². The highest BCUT2D eigenvalue weighted by molar-refractivity contribution is 6.01. The predicted molar refractivity (Wildman–Crippen MR) is 108 cm³/mol. The number of carbonyl (C=O) groups excluding carboxylic acids is 2. The summed E-state index contributed by atoms with van der Waals surface area (Å²) in [5.41, 5.74) is 2.58. The zero-order valence-corrected chi connectivity index (χ0v) is 15.5. The number of pyridine rings is 1. The van der Waals surface area contributed by atoms with Crippen molar-refractivity contribution >= 4 is 23.7 Å². The van der Waals surface area contributed by atoms with Crippen molar-refractivity contribution in [3.05, 3.63) is 83.8 Å². The lowest BCUT2D eigenvalue weighted by Gasteiger charge is -2.02. The van der Waals surface area contributed by atoms with Gasteiger partial charge in [-0.05, 0) is 47.9 Å². The highest BCUT2D eigenvalue weighted by atomic mass is 16.2. The van der Waals surface area contributed by atoms with Crippen LogP contribution in [0.25, 0.3) is 6.08 Å².